The molecule has 0 bridgehead atoms. The maximum absolute atomic E-state index is 13.1. The highest BCUT2D eigenvalue weighted by atomic mass is 19.1. The molecule has 1 atom stereocenters. The molecule has 3 rings (SSSR count). The smallest absolute Gasteiger partial charge is 0.326 e. The molecule has 1 amide bonds. The van der Waals surface area contributed by atoms with Crippen LogP contribution in [0.25, 0.3) is 11.0 Å². The van der Waals surface area contributed by atoms with Crippen LogP contribution in [0.3, 0.4) is 0 Å². The maximum Gasteiger partial charge on any atom is 0.326 e. The van der Waals surface area contributed by atoms with E-state index in [0.29, 0.717) is 19.4 Å². The van der Waals surface area contributed by atoms with Gasteiger partial charge >= 0.3 is 5.97 Å². The highest BCUT2D eigenvalue weighted by Gasteiger charge is 2.35. The largest absolute Gasteiger partial charge is 0.480 e. The minimum atomic E-state index is -1.09. The standard InChI is InChI=1S/C15H12FNO5/c16-8-3-4-12-9(6-8)11(18)7-13(22-12)14(19)17-5-1-2-10(17)15(20)21/h3-4,6-7,10H,1-2,5H2,(H,20,21). The van der Waals surface area contributed by atoms with Crippen molar-refractivity contribution in [3.63, 3.8) is 0 Å². The summed E-state index contributed by atoms with van der Waals surface area (Å²) in [5.41, 5.74) is -0.460. The van der Waals surface area contributed by atoms with E-state index in [2.05, 4.69) is 0 Å². The van der Waals surface area contributed by atoms with Gasteiger partial charge in [0.1, 0.15) is 17.4 Å². The predicted octanol–water partition coefficient (Wildman–Crippen LogP) is 1.62. The molecule has 1 aromatic heterocycles. The van der Waals surface area contributed by atoms with Crippen LogP contribution in [0.5, 0.6) is 0 Å². The number of carbonyl (C=O) groups is 2. The molecule has 1 fully saturated rings. The van der Waals surface area contributed by atoms with E-state index < -0.39 is 29.2 Å². The van der Waals surface area contributed by atoms with Crippen molar-refractivity contribution >= 4 is 22.8 Å². The minimum absolute atomic E-state index is 0.0350. The first kappa shape index (κ1) is 14.2. The topological polar surface area (TPSA) is 87.8 Å². The van der Waals surface area contributed by atoms with Crippen molar-refractivity contribution in [1.82, 2.24) is 4.90 Å². The molecule has 22 heavy (non-hydrogen) atoms. The van der Waals surface area contributed by atoms with Gasteiger partial charge in [0.05, 0.1) is 5.39 Å². The van der Waals surface area contributed by atoms with E-state index in [1.165, 1.54) is 11.0 Å². The molecule has 114 valence electrons. The third-order valence-corrected chi connectivity index (χ3v) is 3.70. The SMILES string of the molecule is O=C(O)C1CCCN1C(=O)c1cc(=O)c2cc(F)ccc2o1. The monoisotopic (exact) mass is 305 g/mol. The second-order valence-corrected chi connectivity index (χ2v) is 5.11. The van der Waals surface area contributed by atoms with Gasteiger partial charge in [-0.2, -0.15) is 0 Å². The van der Waals surface area contributed by atoms with Crippen molar-refractivity contribution in [2.24, 2.45) is 0 Å². The van der Waals surface area contributed by atoms with Crippen LogP contribution < -0.4 is 5.43 Å². The summed E-state index contributed by atoms with van der Waals surface area (Å²) in [6.07, 6.45) is 0.940. The zero-order valence-electron chi connectivity index (χ0n) is 11.4. The van der Waals surface area contributed by atoms with Crippen molar-refractivity contribution in [3.8, 4) is 0 Å². The Hall–Kier alpha value is -2.70. The Morgan fingerprint density at radius 3 is 2.82 bits per heavy atom. The van der Waals surface area contributed by atoms with Gasteiger partial charge < -0.3 is 14.4 Å². The molecular formula is C15H12FNO5. The first-order chi connectivity index (χ1) is 10.5. The molecular weight excluding hydrogens is 293 g/mol. The molecule has 1 aliphatic heterocycles. The number of likely N-dealkylation sites (tertiary alicyclic amines) is 1. The number of fused-ring (bicyclic) bond motifs is 1. The molecule has 1 aliphatic rings. The Morgan fingerprint density at radius 1 is 1.32 bits per heavy atom. The number of nitrogens with zero attached hydrogens (tertiary/aromatic N) is 1. The van der Waals surface area contributed by atoms with Crippen LogP contribution in [0.2, 0.25) is 0 Å². The predicted molar refractivity (Wildman–Crippen MR) is 74.1 cm³/mol. The first-order valence-electron chi connectivity index (χ1n) is 6.74. The van der Waals surface area contributed by atoms with Crippen molar-refractivity contribution in [2.45, 2.75) is 18.9 Å². The molecule has 1 N–H and O–H groups in total. The molecule has 1 aromatic carbocycles. The summed E-state index contributed by atoms with van der Waals surface area (Å²) < 4.78 is 18.5. The molecule has 0 saturated carbocycles. The van der Waals surface area contributed by atoms with E-state index >= 15 is 0 Å². The molecule has 7 heteroatoms. The summed E-state index contributed by atoms with van der Waals surface area (Å²) in [5.74, 6) is -2.55. The summed E-state index contributed by atoms with van der Waals surface area (Å²) in [7, 11) is 0. The average Bonchev–Trinajstić information content (AvgIpc) is 2.96. The summed E-state index contributed by atoms with van der Waals surface area (Å²) in [6, 6.07) is 3.48. The third-order valence-electron chi connectivity index (χ3n) is 3.70. The lowest BCUT2D eigenvalue weighted by Gasteiger charge is -2.20. The summed E-state index contributed by atoms with van der Waals surface area (Å²) in [5, 5.41) is 9.14. The number of carboxylic acid groups (broad SMARTS) is 1. The van der Waals surface area contributed by atoms with Crippen LogP contribution in [0.1, 0.15) is 23.4 Å². The Labute approximate surface area is 123 Å². The number of aliphatic carboxylic acids is 1. The number of hydrogen-bond donors (Lipinski definition) is 1. The van der Waals surface area contributed by atoms with Crippen molar-refractivity contribution in [1.29, 1.82) is 0 Å². The van der Waals surface area contributed by atoms with E-state index in [0.717, 1.165) is 18.2 Å². The summed E-state index contributed by atoms with van der Waals surface area (Å²) >= 11 is 0. The van der Waals surface area contributed by atoms with Crippen molar-refractivity contribution < 1.29 is 23.5 Å². The van der Waals surface area contributed by atoms with Gasteiger partial charge in [-0.05, 0) is 31.0 Å². The highest BCUT2D eigenvalue weighted by Crippen LogP contribution is 2.21. The Bertz CT molecular complexity index is 828. The number of carboxylic acids is 1. The fraction of sp³-hybridized carbons (Fsp3) is 0.267. The van der Waals surface area contributed by atoms with Crippen molar-refractivity contribution in [2.75, 3.05) is 6.54 Å². The van der Waals surface area contributed by atoms with E-state index in [-0.39, 0.29) is 16.7 Å². The van der Waals surface area contributed by atoms with Crippen LogP contribution in [-0.2, 0) is 4.79 Å². The Kier molecular flexibility index (Phi) is 3.40. The van der Waals surface area contributed by atoms with Crippen molar-refractivity contribution in [3.05, 3.63) is 46.1 Å². The number of rotatable bonds is 2. The highest BCUT2D eigenvalue weighted by molar-refractivity contribution is 5.95. The van der Waals surface area contributed by atoms with Gasteiger partial charge in [-0.25, -0.2) is 9.18 Å². The summed E-state index contributed by atoms with van der Waals surface area (Å²) in [6.45, 7) is 0.293. The molecule has 0 radical (unpaired) electrons. The van der Waals surface area contributed by atoms with Crippen LogP contribution in [0.15, 0.2) is 33.5 Å². The average molecular weight is 305 g/mol. The number of carbonyl (C=O) groups excluding carboxylic acids is 1. The second kappa shape index (κ2) is 5.25. The molecule has 1 unspecified atom stereocenters. The van der Waals surface area contributed by atoms with Gasteiger partial charge in [-0.1, -0.05) is 0 Å². The lowest BCUT2D eigenvalue weighted by atomic mass is 10.2. The van der Waals surface area contributed by atoms with Gasteiger partial charge in [0, 0.05) is 12.6 Å². The van der Waals surface area contributed by atoms with Crippen LogP contribution in [0, 0.1) is 5.82 Å². The molecule has 2 aromatic rings. The van der Waals surface area contributed by atoms with Gasteiger partial charge in [0.2, 0.25) is 0 Å². The van der Waals surface area contributed by atoms with Gasteiger partial charge in [0.25, 0.3) is 5.91 Å². The normalized spacial score (nSPS) is 17.9. The zero-order valence-corrected chi connectivity index (χ0v) is 11.4. The second-order valence-electron chi connectivity index (χ2n) is 5.11. The van der Waals surface area contributed by atoms with Crippen LogP contribution in [0.4, 0.5) is 4.39 Å². The van der Waals surface area contributed by atoms with Gasteiger partial charge in [-0.15, -0.1) is 0 Å². The van der Waals surface area contributed by atoms with Crippen LogP contribution >= 0.6 is 0 Å². The molecule has 2 heterocycles. The number of hydrogen-bond acceptors (Lipinski definition) is 4. The lowest BCUT2D eigenvalue weighted by molar-refractivity contribution is -0.141. The first-order valence-corrected chi connectivity index (χ1v) is 6.74. The number of benzene rings is 1. The zero-order chi connectivity index (χ0) is 15.9. The van der Waals surface area contributed by atoms with E-state index in [4.69, 9.17) is 9.52 Å². The van der Waals surface area contributed by atoms with E-state index in [9.17, 15) is 18.8 Å². The maximum atomic E-state index is 13.1. The fourth-order valence-electron chi connectivity index (χ4n) is 2.64. The molecule has 1 saturated heterocycles. The minimum Gasteiger partial charge on any atom is -0.480 e. The number of halogens is 1. The van der Waals surface area contributed by atoms with Gasteiger partial charge in [-0.3, -0.25) is 9.59 Å². The van der Waals surface area contributed by atoms with Gasteiger partial charge in [0.15, 0.2) is 11.2 Å². The third kappa shape index (κ3) is 2.34. The van der Waals surface area contributed by atoms with Crippen LogP contribution in [-0.4, -0.2) is 34.5 Å². The lowest BCUT2D eigenvalue weighted by Crippen LogP contribution is -2.40. The quantitative estimate of drug-likeness (QED) is 0.911. The molecule has 6 nitrogen and oxygen atoms in total. The fourth-order valence-corrected chi connectivity index (χ4v) is 2.64. The van der Waals surface area contributed by atoms with E-state index in [1.807, 2.05) is 0 Å². The summed E-state index contributed by atoms with van der Waals surface area (Å²) in [4.78, 5) is 36.7. The molecule has 0 aliphatic carbocycles. The Morgan fingerprint density at radius 2 is 2.09 bits per heavy atom. The number of amides is 1. The Balaban J connectivity index is 2.03. The van der Waals surface area contributed by atoms with E-state index in [1.54, 1.807) is 0 Å². The molecule has 0 spiro atoms.